The largest absolute Gasteiger partial charge is 0.506 e. The Labute approximate surface area is 104 Å². The summed E-state index contributed by atoms with van der Waals surface area (Å²) in [6.07, 6.45) is 0. The normalized spacial score (nSPS) is 9.33. The minimum Gasteiger partial charge on any atom is -0.506 e. The van der Waals surface area contributed by atoms with Gasteiger partial charge in [-0.2, -0.15) is 0 Å². The van der Waals surface area contributed by atoms with Crippen LogP contribution in [0.4, 0.5) is 0 Å². The third-order valence-electron chi connectivity index (χ3n) is 1.58. The number of benzene rings is 1. The number of aromatic hydroxyl groups is 1. The Kier molecular flexibility index (Phi) is 4.97. The third kappa shape index (κ3) is 2.30. The molecule has 0 aliphatic carbocycles. The van der Waals surface area contributed by atoms with Crippen LogP contribution in [0, 0.1) is 13.8 Å². The van der Waals surface area contributed by atoms with Crippen molar-refractivity contribution in [3.05, 3.63) is 27.2 Å². The van der Waals surface area contributed by atoms with Crippen LogP contribution >= 0.6 is 23.2 Å². The van der Waals surface area contributed by atoms with E-state index in [-0.39, 0.29) is 35.3 Å². The first-order valence-electron chi connectivity index (χ1n) is 3.18. The molecule has 1 aromatic rings. The Morgan fingerprint density at radius 2 is 1.67 bits per heavy atom. The molecule has 0 bridgehead atoms. The van der Waals surface area contributed by atoms with E-state index < -0.39 is 0 Å². The number of halogens is 2. The second-order valence-electron chi connectivity index (χ2n) is 2.47. The van der Waals surface area contributed by atoms with Gasteiger partial charge in [0.25, 0.3) is 0 Å². The summed E-state index contributed by atoms with van der Waals surface area (Å²) in [6, 6.07) is 1.55. The van der Waals surface area contributed by atoms with Gasteiger partial charge in [-0.15, -0.1) is 0 Å². The van der Waals surface area contributed by atoms with Crippen molar-refractivity contribution in [2.75, 3.05) is 0 Å². The smallest absolute Gasteiger partial charge is 0.134 e. The van der Waals surface area contributed by atoms with Crippen LogP contribution in [-0.2, 0) is 0 Å². The molecule has 0 heterocycles. The zero-order valence-corrected chi connectivity index (χ0v) is 10.8. The zero-order chi connectivity index (χ0) is 8.59. The predicted octanol–water partition coefficient (Wildman–Crippen LogP) is 2.94. The summed E-state index contributed by atoms with van der Waals surface area (Å²) in [4.78, 5) is 0. The molecule has 0 saturated carbocycles. The molecule has 0 fully saturated rings. The van der Waals surface area contributed by atoms with Gasteiger partial charge >= 0.3 is 0 Å². The van der Waals surface area contributed by atoms with Gasteiger partial charge in [-0.1, -0.05) is 23.2 Å². The molecule has 0 amide bonds. The van der Waals surface area contributed by atoms with Gasteiger partial charge in [0, 0.05) is 34.6 Å². The summed E-state index contributed by atoms with van der Waals surface area (Å²) in [7, 11) is 0. The quantitative estimate of drug-likeness (QED) is 0.658. The Morgan fingerprint density at radius 3 is 2.17 bits per heavy atom. The standard InChI is InChI=1S/C8H8Cl2O.Na/c1-4-3-6(11)8(10)5(2)7(4)9;/h3,11H,1-2H3;. The number of phenols is 1. The molecular formula is C8H8Cl2NaO. The van der Waals surface area contributed by atoms with E-state index in [4.69, 9.17) is 23.2 Å². The molecule has 0 saturated heterocycles. The maximum Gasteiger partial charge on any atom is 0.134 e. The van der Waals surface area contributed by atoms with Crippen LogP contribution in [0.2, 0.25) is 10.0 Å². The van der Waals surface area contributed by atoms with E-state index in [0.29, 0.717) is 10.0 Å². The van der Waals surface area contributed by atoms with Crippen molar-refractivity contribution in [3.63, 3.8) is 0 Å². The molecule has 0 unspecified atom stereocenters. The first kappa shape index (κ1) is 12.6. The molecule has 0 aliphatic rings. The van der Waals surface area contributed by atoms with Crippen molar-refractivity contribution in [1.29, 1.82) is 0 Å². The number of hydrogen-bond acceptors (Lipinski definition) is 1. The molecule has 1 rings (SSSR count). The molecule has 0 aromatic heterocycles. The van der Waals surface area contributed by atoms with Gasteiger partial charge in [0.15, 0.2) is 0 Å². The van der Waals surface area contributed by atoms with Crippen LogP contribution < -0.4 is 0 Å². The van der Waals surface area contributed by atoms with Gasteiger partial charge in [0.2, 0.25) is 0 Å². The SMILES string of the molecule is Cc1cc(O)c(Cl)c(C)c1Cl.[Na]. The molecule has 0 aliphatic heterocycles. The number of phenolic OH excluding ortho intramolecular Hbond substituents is 1. The number of hydrogen-bond donors (Lipinski definition) is 1. The average molecular weight is 214 g/mol. The number of aryl methyl sites for hydroxylation is 1. The maximum absolute atomic E-state index is 9.21. The van der Waals surface area contributed by atoms with Gasteiger partial charge in [-0.05, 0) is 31.0 Å². The predicted molar refractivity (Wildman–Crippen MR) is 53.4 cm³/mol. The van der Waals surface area contributed by atoms with Crippen molar-refractivity contribution in [2.24, 2.45) is 0 Å². The van der Waals surface area contributed by atoms with E-state index in [0.717, 1.165) is 11.1 Å². The Morgan fingerprint density at radius 1 is 1.17 bits per heavy atom. The first-order valence-corrected chi connectivity index (χ1v) is 3.93. The molecule has 1 nitrogen and oxygen atoms in total. The molecule has 61 valence electrons. The van der Waals surface area contributed by atoms with Gasteiger partial charge in [0.05, 0.1) is 5.02 Å². The van der Waals surface area contributed by atoms with Crippen molar-refractivity contribution in [2.45, 2.75) is 13.8 Å². The van der Waals surface area contributed by atoms with E-state index >= 15 is 0 Å². The molecule has 1 aromatic carbocycles. The Hall–Kier alpha value is 0.600. The Balaban J connectivity index is 0.00000121. The van der Waals surface area contributed by atoms with Gasteiger partial charge in [-0.25, -0.2) is 0 Å². The Bertz CT molecular complexity index is 273. The monoisotopic (exact) mass is 213 g/mol. The second-order valence-corrected chi connectivity index (χ2v) is 3.22. The third-order valence-corrected chi connectivity index (χ3v) is 2.64. The first-order chi connectivity index (χ1) is 5.04. The zero-order valence-electron chi connectivity index (χ0n) is 7.28. The van der Waals surface area contributed by atoms with Crippen molar-refractivity contribution in [1.82, 2.24) is 0 Å². The summed E-state index contributed by atoms with van der Waals surface area (Å²) >= 11 is 11.6. The van der Waals surface area contributed by atoms with E-state index in [2.05, 4.69) is 0 Å². The van der Waals surface area contributed by atoms with Gasteiger partial charge in [-0.3, -0.25) is 0 Å². The summed E-state index contributed by atoms with van der Waals surface area (Å²) in [5.41, 5.74) is 1.57. The van der Waals surface area contributed by atoms with E-state index in [1.165, 1.54) is 0 Å². The molecule has 1 N–H and O–H groups in total. The van der Waals surface area contributed by atoms with Crippen molar-refractivity contribution >= 4 is 52.8 Å². The van der Waals surface area contributed by atoms with Crippen molar-refractivity contribution in [3.8, 4) is 5.75 Å². The minimum absolute atomic E-state index is 0. The van der Waals surface area contributed by atoms with Crippen molar-refractivity contribution < 1.29 is 5.11 Å². The fraction of sp³-hybridized carbons (Fsp3) is 0.250. The topological polar surface area (TPSA) is 20.2 Å². The van der Waals surface area contributed by atoms with Gasteiger partial charge < -0.3 is 5.11 Å². The average Bonchev–Trinajstić information content (AvgIpc) is 1.97. The summed E-state index contributed by atoms with van der Waals surface area (Å²) < 4.78 is 0. The number of rotatable bonds is 0. The van der Waals surface area contributed by atoms with Crippen LogP contribution in [0.15, 0.2) is 6.07 Å². The summed E-state index contributed by atoms with van der Waals surface area (Å²) in [6.45, 7) is 3.60. The summed E-state index contributed by atoms with van der Waals surface area (Å²) in [5.74, 6) is 0.0890. The second kappa shape index (κ2) is 4.73. The summed E-state index contributed by atoms with van der Waals surface area (Å²) in [5, 5.41) is 10.2. The molecule has 0 atom stereocenters. The van der Waals surface area contributed by atoms with Crippen LogP contribution in [0.1, 0.15) is 11.1 Å². The van der Waals surface area contributed by atoms with E-state index in [1.807, 2.05) is 6.92 Å². The minimum atomic E-state index is 0. The van der Waals surface area contributed by atoms with E-state index in [1.54, 1.807) is 13.0 Å². The van der Waals surface area contributed by atoms with Crippen LogP contribution in [-0.4, -0.2) is 34.7 Å². The molecule has 0 spiro atoms. The fourth-order valence-corrected chi connectivity index (χ4v) is 1.26. The molecule has 12 heavy (non-hydrogen) atoms. The van der Waals surface area contributed by atoms with Crippen LogP contribution in [0.5, 0.6) is 5.75 Å². The molecule has 4 heteroatoms. The van der Waals surface area contributed by atoms with Crippen LogP contribution in [0.3, 0.4) is 0 Å². The molecule has 1 radical (unpaired) electrons. The van der Waals surface area contributed by atoms with Gasteiger partial charge in [0.1, 0.15) is 5.75 Å². The van der Waals surface area contributed by atoms with E-state index in [9.17, 15) is 5.11 Å². The fourth-order valence-electron chi connectivity index (χ4n) is 0.916. The maximum atomic E-state index is 9.21. The molecular weight excluding hydrogens is 206 g/mol. The van der Waals surface area contributed by atoms with Crippen LogP contribution in [0.25, 0.3) is 0 Å².